The van der Waals surface area contributed by atoms with Gasteiger partial charge in [-0.25, -0.2) is 4.79 Å². The molecule has 0 saturated heterocycles. The highest BCUT2D eigenvalue weighted by atomic mass is 16.6. The first-order chi connectivity index (χ1) is 19.3. The molecule has 0 fully saturated rings. The number of alkyl carbamates (subject to hydrolysis) is 1. The molecule has 3 unspecified atom stereocenters. The average molecular weight is 606 g/mol. The van der Waals surface area contributed by atoms with Crippen LogP contribution in [0.3, 0.4) is 0 Å². The minimum absolute atomic E-state index is 0.294. The van der Waals surface area contributed by atoms with Crippen LogP contribution >= 0.6 is 0 Å². The Morgan fingerprint density at radius 3 is 1.83 bits per heavy atom. The number of carbonyl (C=O) groups excluding carboxylic acids is 6. The molecule has 0 radical (unpaired) electrons. The number of ketones is 1. The van der Waals surface area contributed by atoms with E-state index in [2.05, 4.69) is 21.3 Å². The van der Waals surface area contributed by atoms with Gasteiger partial charge in [-0.15, -0.1) is 0 Å². The molecular weight excluding hydrogens is 562 g/mol. The SMILES string of the molecule is CC(=O)[C@H](NC(=O)C(C)C)[C@@H](OC(=O)NC(C(=O)NC(CCC(=O)NC(C)C(=O)O)C(N)=O)C(C)C)[C@H](O)[C@H](O)CO. The number of aliphatic carboxylic acids is 1. The predicted molar refractivity (Wildman–Crippen MR) is 144 cm³/mol. The number of amides is 5. The van der Waals surface area contributed by atoms with E-state index < -0.39 is 102 Å². The van der Waals surface area contributed by atoms with Crippen LogP contribution in [0.15, 0.2) is 0 Å². The normalized spacial score (nSPS) is 16.2. The van der Waals surface area contributed by atoms with Gasteiger partial charge in [-0.2, -0.15) is 0 Å². The fourth-order valence-corrected chi connectivity index (χ4v) is 3.41. The highest BCUT2D eigenvalue weighted by Crippen LogP contribution is 2.14. The van der Waals surface area contributed by atoms with Crippen LogP contribution in [0.5, 0.6) is 0 Å². The van der Waals surface area contributed by atoms with Crippen molar-refractivity contribution in [2.75, 3.05) is 6.61 Å². The van der Waals surface area contributed by atoms with E-state index in [0.29, 0.717) is 0 Å². The smallest absolute Gasteiger partial charge is 0.408 e. The molecular formula is C25H43N5O12. The van der Waals surface area contributed by atoms with Gasteiger partial charge in [0.25, 0.3) is 0 Å². The van der Waals surface area contributed by atoms with Crippen LogP contribution in [-0.4, -0.2) is 111 Å². The van der Waals surface area contributed by atoms with Crippen LogP contribution in [0.1, 0.15) is 54.4 Å². The molecule has 240 valence electrons. The summed E-state index contributed by atoms with van der Waals surface area (Å²) in [5.74, 6) is -6.58. The zero-order valence-corrected chi connectivity index (χ0v) is 24.4. The Balaban J connectivity index is 5.77. The molecule has 0 bridgehead atoms. The number of nitrogens with one attached hydrogen (secondary N) is 4. The van der Waals surface area contributed by atoms with E-state index >= 15 is 0 Å². The standard InChI is InChI=1S/C25H43N5O12/c1-10(2)17(23(38)28-14(21(26)36)7-8-16(34)27-12(5)24(39)40)30-25(41)42-20(19(35)15(33)9-31)18(13(6)32)29-22(37)11(3)4/h10-12,14-15,17-20,31,33,35H,7-9H2,1-6H3,(H2,26,36)(H,27,34)(H,28,38)(H,29,37)(H,30,41)(H,39,40)/t12?,14?,15-,17?,18+,19-,20-/m1/s1. The topological polar surface area (TPSA) is 284 Å². The van der Waals surface area contributed by atoms with Gasteiger partial charge in [0, 0.05) is 12.3 Å². The van der Waals surface area contributed by atoms with Gasteiger partial charge in [-0.05, 0) is 26.2 Å². The predicted octanol–water partition coefficient (Wildman–Crippen LogP) is -3.11. The van der Waals surface area contributed by atoms with Crippen molar-refractivity contribution < 1.29 is 58.7 Å². The molecule has 10 N–H and O–H groups in total. The van der Waals surface area contributed by atoms with E-state index in [9.17, 15) is 48.9 Å². The second kappa shape index (κ2) is 17.9. The lowest BCUT2D eigenvalue weighted by atomic mass is 9.97. The van der Waals surface area contributed by atoms with E-state index in [1.807, 2.05) is 0 Å². The Morgan fingerprint density at radius 1 is 0.833 bits per heavy atom. The first-order valence-electron chi connectivity index (χ1n) is 13.2. The third-order valence-corrected chi connectivity index (χ3v) is 6.04. The molecule has 0 aliphatic carbocycles. The lowest BCUT2D eigenvalue weighted by Crippen LogP contribution is -2.60. The van der Waals surface area contributed by atoms with Crippen molar-refractivity contribution >= 4 is 41.5 Å². The van der Waals surface area contributed by atoms with Crippen LogP contribution < -0.4 is 27.0 Å². The summed E-state index contributed by atoms with van der Waals surface area (Å²) in [6.45, 7) is 7.36. The lowest BCUT2D eigenvalue weighted by Gasteiger charge is -2.32. The molecule has 0 saturated carbocycles. The van der Waals surface area contributed by atoms with Crippen molar-refractivity contribution in [3.8, 4) is 0 Å². The molecule has 7 atom stereocenters. The zero-order chi connectivity index (χ0) is 32.9. The summed E-state index contributed by atoms with van der Waals surface area (Å²) in [6.07, 6.45) is -7.83. The number of aliphatic hydroxyl groups excluding tert-OH is 3. The number of carboxylic acids is 1. The van der Waals surface area contributed by atoms with E-state index in [0.717, 1.165) is 6.92 Å². The first-order valence-corrected chi connectivity index (χ1v) is 13.2. The third-order valence-electron chi connectivity index (χ3n) is 6.04. The summed E-state index contributed by atoms with van der Waals surface area (Å²) in [6, 6.07) is -5.60. The van der Waals surface area contributed by atoms with Crippen LogP contribution in [0.4, 0.5) is 4.79 Å². The van der Waals surface area contributed by atoms with Gasteiger partial charge in [-0.3, -0.25) is 28.8 Å². The van der Waals surface area contributed by atoms with Crippen molar-refractivity contribution in [3.05, 3.63) is 0 Å². The monoisotopic (exact) mass is 605 g/mol. The molecule has 0 rings (SSSR count). The van der Waals surface area contributed by atoms with E-state index in [4.69, 9.17) is 15.6 Å². The Hall–Kier alpha value is -3.83. The molecule has 17 nitrogen and oxygen atoms in total. The number of hydrogen-bond acceptors (Lipinski definition) is 11. The summed E-state index contributed by atoms with van der Waals surface area (Å²) in [7, 11) is 0. The lowest BCUT2D eigenvalue weighted by molar-refractivity contribution is -0.141. The number of hydrogen-bond donors (Lipinski definition) is 9. The van der Waals surface area contributed by atoms with Gasteiger partial charge in [0.1, 0.15) is 36.4 Å². The third kappa shape index (κ3) is 12.8. The van der Waals surface area contributed by atoms with Crippen molar-refractivity contribution in [2.45, 2.75) is 96.9 Å². The summed E-state index contributed by atoms with van der Waals surface area (Å²) in [4.78, 5) is 85.2. The van der Waals surface area contributed by atoms with Crippen molar-refractivity contribution in [3.63, 3.8) is 0 Å². The summed E-state index contributed by atoms with van der Waals surface area (Å²) >= 11 is 0. The molecule has 42 heavy (non-hydrogen) atoms. The van der Waals surface area contributed by atoms with Crippen molar-refractivity contribution in [1.82, 2.24) is 21.3 Å². The van der Waals surface area contributed by atoms with Crippen LogP contribution in [0, 0.1) is 11.8 Å². The minimum atomic E-state index is -2.04. The number of primary amides is 1. The van der Waals surface area contributed by atoms with Crippen LogP contribution in [0.25, 0.3) is 0 Å². The van der Waals surface area contributed by atoms with Gasteiger partial charge in [0.2, 0.25) is 23.6 Å². The highest BCUT2D eigenvalue weighted by molar-refractivity contribution is 5.92. The average Bonchev–Trinajstić information content (AvgIpc) is 2.89. The molecule has 0 aromatic carbocycles. The Morgan fingerprint density at radius 2 is 1.40 bits per heavy atom. The van der Waals surface area contributed by atoms with Gasteiger partial charge in [0.15, 0.2) is 11.9 Å². The number of rotatable bonds is 18. The summed E-state index contributed by atoms with van der Waals surface area (Å²) in [5, 5.41) is 47.6. The number of ether oxygens (including phenoxy) is 1. The fraction of sp³-hybridized carbons (Fsp3) is 0.720. The minimum Gasteiger partial charge on any atom is -0.480 e. The van der Waals surface area contributed by atoms with Gasteiger partial charge in [-0.1, -0.05) is 27.7 Å². The van der Waals surface area contributed by atoms with Gasteiger partial charge < -0.3 is 52.2 Å². The summed E-state index contributed by atoms with van der Waals surface area (Å²) in [5.41, 5.74) is 5.33. The first kappa shape index (κ1) is 38.2. The second-order valence-electron chi connectivity index (χ2n) is 10.4. The molecule has 0 spiro atoms. The Bertz CT molecular complexity index is 989. The molecule has 0 aromatic rings. The van der Waals surface area contributed by atoms with Crippen LogP contribution in [-0.2, 0) is 33.5 Å². The summed E-state index contributed by atoms with van der Waals surface area (Å²) < 4.78 is 5.18. The van der Waals surface area contributed by atoms with E-state index in [-0.39, 0.29) is 12.8 Å². The quantitative estimate of drug-likeness (QED) is 0.0750. The Labute approximate surface area is 242 Å². The maximum Gasteiger partial charge on any atom is 0.408 e. The van der Waals surface area contributed by atoms with Gasteiger partial charge in [0.05, 0.1) is 6.61 Å². The molecule has 0 aliphatic heterocycles. The molecule has 0 heterocycles. The maximum absolute atomic E-state index is 13.0. The largest absolute Gasteiger partial charge is 0.480 e. The Kier molecular flexibility index (Phi) is 16.2. The number of Topliss-reactive ketones (excluding diaryl/α,β-unsaturated/α-hetero) is 1. The molecule has 5 amide bonds. The second-order valence-corrected chi connectivity index (χ2v) is 10.4. The van der Waals surface area contributed by atoms with E-state index in [1.54, 1.807) is 0 Å². The van der Waals surface area contributed by atoms with E-state index in [1.165, 1.54) is 34.6 Å². The van der Waals surface area contributed by atoms with Crippen molar-refractivity contribution in [2.24, 2.45) is 17.6 Å². The number of nitrogens with two attached hydrogens (primary N) is 1. The molecule has 0 aliphatic rings. The van der Waals surface area contributed by atoms with Gasteiger partial charge >= 0.3 is 12.1 Å². The highest BCUT2D eigenvalue weighted by Gasteiger charge is 2.40. The number of aliphatic hydroxyl groups is 3. The van der Waals surface area contributed by atoms with Crippen molar-refractivity contribution in [1.29, 1.82) is 0 Å². The molecule has 17 heteroatoms. The number of carbonyl (C=O) groups is 7. The number of carboxylic acid groups (broad SMARTS) is 1. The maximum atomic E-state index is 13.0. The van der Waals surface area contributed by atoms with Crippen LogP contribution in [0.2, 0.25) is 0 Å². The zero-order valence-electron chi connectivity index (χ0n) is 24.4. The molecule has 0 aromatic heterocycles. The fourth-order valence-electron chi connectivity index (χ4n) is 3.41.